The monoisotopic (exact) mass is 401 g/mol. The van der Waals surface area contributed by atoms with Crippen molar-refractivity contribution in [1.29, 1.82) is 0 Å². The highest BCUT2D eigenvalue weighted by molar-refractivity contribution is 6.11. The molecular weight excluding hydrogens is 378 g/mol. The summed E-state index contributed by atoms with van der Waals surface area (Å²) in [6.45, 7) is 0.414. The minimum atomic E-state index is -0.893. The summed E-state index contributed by atoms with van der Waals surface area (Å²) in [5.74, 6) is 6.30. The van der Waals surface area contributed by atoms with Crippen LogP contribution < -0.4 is 5.73 Å². The van der Waals surface area contributed by atoms with Crippen LogP contribution in [0.15, 0.2) is 24.4 Å². The van der Waals surface area contributed by atoms with Crippen LogP contribution in [0, 0.1) is 11.8 Å². The molecule has 0 radical (unpaired) electrons. The van der Waals surface area contributed by atoms with Crippen molar-refractivity contribution in [3.63, 3.8) is 0 Å². The predicted molar refractivity (Wildman–Crippen MR) is 114 cm³/mol. The van der Waals surface area contributed by atoms with Crippen LogP contribution in [0.3, 0.4) is 0 Å². The third-order valence-electron chi connectivity index (χ3n) is 6.15. The number of rotatable bonds is 0. The molecule has 1 aliphatic carbocycles. The van der Waals surface area contributed by atoms with Crippen LogP contribution >= 0.6 is 0 Å². The third-order valence-corrected chi connectivity index (χ3v) is 6.15. The summed E-state index contributed by atoms with van der Waals surface area (Å²) < 4.78 is 1.90. The van der Waals surface area contributed by atoms with Gasteiger partial charge in [-0.1, -0.05) is 11.8 Å². The van der Waals surface area contributed by atoms with E-state index in [1.54, 1.807) is 18.1 Å². The van der Waals surface area contributed by atoms with Gasteiger partial charge >= 0.3 is 0 Å². The van der Waals surface area contributed by atoms with Gasteiger partial charge in [-0.25, -0.2) is 9.97 Å². The van der Waals surface area contributed by atoms with Gasteiger partial charge in [0.15, 0.2) is 0 Å². The van der Waals surface area contributed by atoms with Gasteiger partial charge < -0.3 is 20.3 Å². The number of hydrogen-bond donors (Lipinski definition) is 2. The summed E-state index contributed by atoms with van der Waals surface area (Å²) in [4.78, 5) is 23.5. The van der Waals surface area contributed by atoms with Crippen LogP contribution in [-0.2, 0) is 13.6 Å². The first-order chi connectivity index (χ1) is 14.4. The molecule has 30 heavy (non-hydrogen) atoms. The molecule has 3 heterocycles. The summed E-state index contributed by atoms with van der Waals surface area (Å²) in [5.41, 5.74) is 9.57. The van der Waals surface area contributed by atoms with Crippen molar-refractivity contribution in [3.05, 3.63) is 41.2 Å². The Morgan fingerprint density at radius 3 is 2.77 bits per heavy atom. The number of benzene rings is 1. The van der Waals surface area contributed by atoms with Crippen molar-refractivity contribution in [2.24, 2.45) is 7.05 Å². The molecule has 0 spiro atoms. The highest BCUT2D eigenvalue weighted by atomic mass is 16.3. The summed E-state index contributed by atoms with van der Waals surface area (Å²) >= 11 is 0. The van der Waals surface area contributed by atoms with E-state index in [1.807, 2.05) is 29.8 Å². The molecular formula is C23H23N5O2. The summed E-state index contributed by atoms with van der Waals surface area (Å²) in [6, 6.07) is 5.86. The molecule has 1 aliphatic heterocycles. The molecule has 5 rings (SSSR count). The van der Waals surface area contributed by atoms with Crippen LogP contribution in [-0.4, -0.2) is 43.1 Å². The smallest absolute Gasteiger partial charge is 0.271 e. The zero-order chi connectivity index (χ0) is 21.0. The Morgan fingerprint density at radius 2 is 2.00 bits per heavy atom. The number of nitrogen functional groups attached to an aromatic ring is 1. The van der Waals surface area contributed by atoms with E-state index >= 15 is 0 Å². The molecule has 0 atom stereocenters. The first-order valence-corrected chi connectivity index (χ1v) is 10.1. The van der Waals surface area contributed by atoms with Gasteiger partial charge in [0.25, 0.3) is 5.91 Å². The fourth-order valence-corrected chi connectivity index (χ4v) is 4.55. The topological polar surface area (TPSA) is 97.3 Å². The quantitative estimate of drug-likeness (QED) is 0.564. The van der Waals surface area contributed by atoms with E-state index < -0.39 is 5.60 Å². The number of nitrogens with zero attached hydrogens (tertiary/aromatic N) is 4. The Hall–Kier alpha value is -3.37. The lowest BCUT2D eigenvalue weighted by molar-refractivity contribution is 0.0779. The number of fused-ring (bicyclic) bond motifs is 5. The van der Waals surface area contributed by atoms with Crippen LogP contribution in [0.2, 0.25) is 0 Å². The predicted octanol–water partition coefficient (Wildman–Crippen LogP) is 2.46. The van der Waals surface area contributed by atoms with Crippen LogP contribution in [0.25, 0.3) is 22.2 Å². The Morgan fingerprint density at radius 1 is 1.23 bits per heavy atom. The van der Waals surface area contributed by atoms with Crippen molar-refractivity contribution >= 4 is 22.8 Å². The molecule has 2 aliphatic rings. The van der Waals surface area contributed by atoms with E-state index in [1.165, 1.54) is 0 Å². The van der Waals surface area contributed by atoms with Gasteiger partial charge in [-0.2, -0.15) is 0 Å². The maximum absolute atomic E-state index is 13.2. The van der Waals surface area contributed by atoms with Gasteiger partial charge in [0.05, 0.1) is 5.69 Å². The Labute approximate surface area is 174 Å². The van der Waals surface area contributed by atoms with Crippen molar-refractivity contribution in [1.82, 2.24) is 19.4 Å². The Balaban J connectivity index is 1.75. The summed E-state index contributed by atoms with van der Waals surface area (Å²) in [5, 5.41) is 11.5. The molecule has 0 bridgehead atoms. The van der Waals surface area contributed by atoms with Gasteiger partial charge in [0, 0.05) is 54.4 Å². The lowest BCUT2D eigenvalue weighted by Gasteiger charge is -2.15. The number of aliphatic hydroxyl groups is 1. The molecule has 7 nitrogen and oxygen atoms in total. The summed E-state index contributed by atoms with van der Waals surface area (Å²) in [7, 11) is 3.66. The number of carbonyl (C=O) groups is 1. The van der Waals surface area contributed by atoms with E-state index in [-0.39, 0.29) is 11.9 Å². The number of amides is 1. The first kappa shape index (κ1) is 18.6. The van der Waals surface area contributed by atoms with E-state index in [0.29, 0.717) is 30.8 Å². The Bertz CT molecular complexity index is 1260. The van der Waals surface area contributed by atoms with Crippen LogP contribution in [0.1, 0.15) is 47.3 Å². The maximum atomic E-state index is 13.2. The van der Waals surface area contributed by atoms with Crippen molar-refractivity contribution < 1.29 is 9.90 Å². The van der Waals surface area contributed by atoms with E-state index in [2.05, 4.69) is 21.8 Å². The van der Waals surface area contributed by atoms with Crippen molar-refractivity contribution in [2.45, 2.75) is 37.8 Å². The van der Waals surface area contributed by atoms with Gasteiger partial charge in [0.2, 0.25) is 5.95 Å². The first-order valence-electron chi connectivity index (χ1n) is 10.1. The summed E-state index contributed by atoms with van der Waals surface area (Å²) in [6.07, 6.45) is 5.13. The second kappa shape index (κ2) is 6.57. The number of carbonyl (C=O) groups excluding carboxylic acids is 1. The molecule has 2 aromatic heterocycles. The highest BCUT2D eigenvalue weighted by Crippen LogP contribution is 2.39. The van der Waals surface area contributed by atoms with Gasteiger partial charge in [-0.15, -0.1) is 0 Å². The fourth-order valence-electron chi connectivity index (χ4n) is 4.55. The van der Waals surface area contributed by atoms with E-state index in [9.17, 15) is 9.90 Å². The second-order valence-corrected chi connectivity index (χ2v) is 8.27. The number of aryl methyl sites for hydroxylation is 1. The molecule has 3 aromatic rings. The number of hydrogen-bond acceptors (Lipinski definition) is 5. The molecule has 1 amide bonds. The lowest BCUT2D eigenvalue weighted by atomic mass is 10.0. The average Bonchev–Trinajstić information content (AvgIpc) is 3.25. The number of anilines is 1. The molecule has 1 fully saturated rings. The Kier molecular flexibility index (Phi) is 4.09. The van der Waals surface area contributed by atoms with E-state index in [0.717, 1.165) is 40.4 Å². The van der Waals surface area contributed by atoms with E-state index in [4.69, 9.17) is 5.73 Å². The molecule has 1 aromatic carbocycles. The normalized spacial score (nSPS) is 17.3. The maximum Gasteiger partial charge on any atom is 0.271 e. The zero-order valence-electron chi connectivity index (χ0n) is 17.1. The molecule has 0 saturated heterocycles. The number of aromatic nitrogens is 3. The van der Waals surface area contributed by atoms with Crippen LogP contribution in [0.4, 0.5) is 5.95 Å². The van der Waals surface area contributed by atoms with Gasteiger partial charge in [0.1, 0.15) is 11.3 Å². The molecule has 152 valence electrons. The van der Waals surface area contributed by atoms with Gasteiger partial charge in [-0.05, 0) is 43.9 Å². The largest absolute Gasteiger partial charge is 0.378 e. The molecule has 1 saturated carbocycles. The minimum Gasteiger partial charge on any atom is -0.378 e. The van der Waals surface area contributed by atoms with Crippen LogP contribution in [0.5, 0.6) is 0 Å². The molecule has 0 unspecified atom stereocenters. The third kappa shape index (κ3) is 2.84. The average molecular weight is 401 g/mol. The zero-order valence-corrected chi connectivity index (χ0v) is 17.1. The molecule has 3 N–H and O–H groups in total. The highest BCUT2D eigenvalue weighted by Gasteiger charge is 2.31. The fraction of sp³-hybridized carbons (Fsp3) is 0.348. The second-order valence-electron chi connectivity index (χ2n) is 8.27. The number of nitrogens with two attached hydrogens (primary N) is 1. The van der Waals surface area contributed by atoms with Gasteiger partial charge in [-0.3, -0.25) is 4.79 Å². The SMILES string of the molecule is CN1Cc2cnc(N)nc2-c2c(n(C)c3ccc(C#CC4(O)CCCC4)cc23)C1=O. The van der Waals surface area contributed by atoms with Crippen molar-refractivity contribution in [3.8, 4) is 23.1 Å². The standard InChI is InChI=1S/C23H23N5O2/c1-27-13-15-12-25-22(24)26-19(15)18-16-11-14(7-10-23(30)8-3-4-9-23)5-6-17(16)28(2)20(18)21(27)29/h5-6,11-12,30H,3-4,8-9,13H2,1-2H3,(H2,24,25,26). The molecule has 7 heteroatoms. The van der Waals surface area contributed by atoms with Crippen molar-refractivity contribution in [2.75, 3.05) is 12.8 Å². The minimum absolute atomic E-state index is 0.0758. The lowest BCUT2D eigenvalue weighted by Crippen LogP contribution is -2.26.